The highest BCUT2D eigenvalue weighted by Gasteiger charge is 2.20. The lowest BCUT2D eigenvalue weighted by atomic mass is 9.96. The van der Waals surface area contributed by atoms with Gasteiger partial charge in [0.15, 0.2) is 0 Å². The normalized spacial score (nSPS) is 15.9. The molecule has 1 saturated heterocycles. The van der Waals surface area contributed by atoms with E-state index in [4.69, 9.17) is 0 Å². The summed E-state index contributed by atoms with van der Waals surface area (Å²) >= 11 is 1.49. The molecule has 0 aromatic carbocycles. The van der Waals surface area contributed by atoms with Crippen molar-refractivity contribution in [3.05, 3.63) is 46.9 Å². The molecular formula is C16H19N3OS. The second-order valence-corrected chi connectivity index (χ2v) is 6.27. The van der Waals surface area contributed by atoms with Crippen LogP contribution in [0, 0.1) is 5.92 Å². The Bertz CT molecular complexity index is 562. The number of aromatic nitrogens is 1. The minimum atomic E-state index is 0.0570. The molecule has 0 atom stereocenters. The highest BCUT2D eigenvalue weighted by Crippen LogP contribution is 2.22. The van der Waals surface area contributed by atoms with Gasteiger partial charge in [0.25, 0.3) is 5.91 Å². The smallest absolute Gasteiger partial charge is 0.261 e. The Labute approximate surface area is 128 Å². The van der Waals surface area contributed by atoms with Gasteiger partial charge < -0.3 is 10.2 Å². The molecule has 1 amide bonds. The van der Waals surface area contributed by atoms with Gasteiger partial charge in [-0.2, -0.15) is 0 Å². The largest absolute Gasteiger partial charge is 0.371 e. The predicted molar refractivity (Wildman–Crippen MR) is 85.8 cm³/mol. The van der Waals surface area contributed by atoms with Crippen molar-refractivity contribution in [1.82, 2.24) is 10.3 Å². The number of thiophene rings is 1. The number of carbonyl (C=O) groups excluding carboxylic acids is 1. The number of rotatable bonds is 4. The van der Waals surface area contributed by atoms with E-state index in [-0.39, 0.29) is 5.91 Å². The minimum Gasteiger partial charge on any atom is -0.371 e. The van der Waals surface area contributed by atoms with Crippen LogP contribution in [0.25, 0.3) is 0 Å². The molecule has 1 N–H and O–H groups in total. The zero-order valence-electron chi connectivity index (χ0n) is 11.9. The molecule has 0 spiro atoms. The van der Waals surface area contributed by atoms with Crippen LogP contribution >= 0.6 is 11.3 Å². The monoisotopic (exact) mass is 301 g/mol. The number of hydrogen-bond donors (Lipinski definition) is 1. The fraction of sp³-hybridized carbons (Fsp3) is 0.375. The van der Waals surface area contributed by atoms with Crippen molar-refractivity contribution in [3.8, 4) is 0 Å². The summed E-state index contributed by atoms with van der Waals surface area (Å²) in [5.41, 5.74) is 1.24. The first kappa shape index (κ1) is 14.1. The van der Waals surface area contributed by atoms with E-state index in [0.717, 1.165) is 37.4 Å². The zero-order chi connectivity index (χ0) is 14.5. The first-order valence-electron chi connectivity index (χ1n) is 7.29. The van der Waals surface area contributed by atoms with E-state index in [0.29, 0.717) is 5.92 Å². The number of carbonyl (C=O) groups is 1. The molecule has 21 heavy (non-hydrogen) atoms. The number of amides is 1. The van der Waals surface area contributed by atoms with E-state index in [9.17, 15) is 4.79 Å². The number of hydrogen-bond acceptors (Lipinski definition) is 4. The van der Waals surface area contributed by atoms with Crippen molar-refractivity contribution in [1.29, 1.82) is 0 Å². The molecule has 5 heteroatoms. The molecule has 4 nitrogen and oxygen atoms in total. The Morgan fingerprint density at radius 3 is 2.71 bits per heavy atom. The molecule has 2 aromatic heterocycles. The lowest BCUT2D eigenvalue weighted by molar-refractivity contribution is 0.0949. The summed E-state index contributed by atoms with van der Waals surface area (Å²) < 4.78 is 0. The number of pyridine rings is 1. The van der Waals surface area contributed by atoms with Gasteiger partial charge in [-0.25, -0.2) is 0 Å². The van der Waals surface area contributed by atoms with Crippen LogP contribution in [0.3, 0.4) is 0 Å². The molecule has 3 heterocycles. The van der Waals surface area contributed by atoms with Crippen LogP contribution in [0.2, 0.25) is 0 Å². The van der Waals surface area contributed by atoms with Crippen LogP contribution in [-0.4, -0.2) is 30.5 Å². The Balaban J connectivity index is 1.45. The van der Waals surface area contributed by atoms with Gasteiger partial charge in [-0.1, -0.05) is 6.07 Å². The van der Waals surface area contributed by atoms with E-state index in [1.165, 1.54) is 17.0 Å². The predicted octanol–water partition coefficient (Wildman–Crippen LogP) is 2.79. The molecule has 0 aliphatic carbocycles. The first-order valence-corrected chi connectivity index (χ1v) is 8.17. The Kier molecular flexibility index (Phi) is 4.50. The highest BCUT2D eigenvalue weighted by atomic mass is 32.1. The van der Waals surface area contributed by atoms with Crippen LogP contribution in [0.5, 0.6) is 0 Å². The summed E-state index contributed by atoms with van der Waals surface area (Å²) in [6.45, 7) is 2.87. The molecule has 1 fully saturated rings. The van der Waals surface area contributed by atoms with Gasteiger partial charge in [-0.15, -0.1) is 11.3 Å². The van der Waals surface area contributed by atoms with Crippen molar-refractivity contribution in [2.75, 3.05) is 24.5 Å². The van der Waals surface area contributed by atoms with Crippen molar-refractivity contribution in [2.24, 2.45) is 5.92 Å². The van der Waals surface area contributed by atoms with Gasteiger partial charge in [-0.05, 0) is 42.3 Å². The Morgan fingerprint density at radius 1 is 1.29 bits per heavy atom. The average molecular weight is 301 g/mol. The lowest BCUT2D eigenvalue weighted by Crippen LogP contribution is -2.38. The third-order valence-corrected chi connectivity index (χ3v) is 4.81. The van der Waals surface area contributed by atoms with Gasteiger partial charge in [0.05, 0.1) is 4.88 Å². The van der Waals surface area contributed by atoms with E-state index < -0.39 is 0 Å². The summed E-state index contributed by atoms with van der Waals surface area (Å²) in [6, 6.07) is 7.89. The van der Waals surface area contributed by atoms with Gasteiger partial charge in [0, 0.05) is 37.7 Å². The summed E-state index contributed by atoms with van der Waals surface area (Å²) in [5.74, 6) is 0.633. The van der Waals surface area contributed by atoms with Crippen molar-refractivity contribution in [3.63, 3.8) is 0 Å². The van der Waals surface area contributed by atoms with Crippen LogP contribution in [0.1, 0.15) is 22.5 Å². The van der Waals surface area contributed by atoms with E-state index in [1.54, 1.807) is 0 Å². The van der Waals surface area contributed by atoms with Gasteiger partial charge in [-0.3, -0.25) is 9.78 Å². The fourth-order valence-electron chi connectivity index (χ4n) is 2.68. The molecule has 110 valence electrons. The summed E-state index contributed by atoms with van der Waals surface area (Å²) in [4.78, 5) is 19.2. The van der Waals surface area contributed by atoms with Gasteiger partial charge in [0.1, 0.15) is 0 Å². The van der Waals surface area contributed by atoms with Crippen molar-refractivity contribution in [2.45, 2.75) is 12.8 Å². The Hall–Kier alpha value is -1.88. The SMILES string of the molecule is O=C(NCC1CCN(c2ccncc2)CC1)c1cccs1. The summed E-state index contributed by atoms with van der Waals surface area (Å²) in [7, 11) is 0. The number of anilines is 1. The van der Waals surface area contributed by atoms with Crippen LogP contribution < -0.4 is 10.2 Å². The minimum absolute atomic E-state index is 0.0570. The molecule has 1 aliphatic heterocycles. The standard InChI is InChI=1S/C16H19N3OS/c20-16(15-2-1-11-21-15)18-12-13-5-9-19(10-6-13)14-3-7-17-8-4-14/h1-4,7-8,11,13H,5-6,9-10,12H2,(H,18,20). The first-order chi connectivity index (χ1) is 10.3. The molecule has 2 aromatic rings. The van der Waals surface area contributed by atoms with Crippen LogP contribution in [0.15, 0.2) is 42.0 Å². The van der Waals surface area contributed by atoms with Crippen LogP contribution in [0.4, 0.5) is 5.69 Å². The average Bonchev–Trinajstić information content (AvgIpc) is 3.08. The maximum atomic E-state index is 11.9. The third kappa shape index (κ3) is 3.61. The summed E-state index contributed by atoms with van der Waals surface area (Å²) in [6.07, 6.45) is 5.91. The molecule has 0 saturated carbocycles. The topological polar surface area (TPSA) is 45.2 Å². The molecular weight excluding hydrogens is 282 g/mol. The second kappa shape index (κ2) is 6.72. The molecule has 1 aliphatic rings. The zero-order valence-corrected chi connectivity index (χ0v) is 12.7. The molecule has 0 bridgehead atoms. The number of piperidine rings is 1. The molecule has 3 rings (SSSR count). The second-order valence-electron chi connectivity index (χ2n) is 5.32. The quantitative estimate of drug-likeness (QED) is 0.944. The van der Waals surface area contributed by atoms with Gasteiger partial charge >= 0.3 is 0 Å². The van der Waals surface area contributed by atoms with E-state index in [2.05, 4.69) is 27.3 Å². The Morgan fingerprint density at radius 2 is 2.05 bits per heavy atom. The maximum Gasteiger partial charge on any atom is 0.261 e. The van der Waals surface area contributed by atoms with E-state index >= 15 is 0 Å². The third-order valence-electron chi connectivity index (χ3n) is 3.94. The highest BCUT2D eigenvalue weighted by molar-refractivity contribution is 7.12. The van der Waals surface area contributed by atoms with Crippen molar-refractivity contribution < 1.29 is 4.79 Å². The van der Waals surface area contributed by atoms with Gasteiger partial charge in [0.2, 0.25) is 0 Å². The lowest BCUT2D eigenvalue weighted by Gasteiger charge is -2.33. The van der Waals surface area contributed by atoms with E-state index in [1.807, 2.05) is 29.9 Å². The van der Waals surface area contributed by atoms with Crippen LogP contribution in [-0.2, 0) is 0 Å². The van der Waals surface area contributed by atoms with Crippen molar-refractivity contribution >= 4 is 22.9 Å². The number of nitrogens with zero attached hydrogens (tertiary/aromatic N) is 2. The number of nitrogens with one attached hydrogen (secondary N) is 1. The fourth-order valence-corrected chi connectivity index (χ4v) is 3.32. The summed E-state index contributed by atoms with van der Waals surface area (Å²) in [5, 5.41) is 4.98. The molecule has 0 radical (unpaired) electrons. The maximum absolute atomic E-state index is 11.9. The molecule has 0 unspecified atom stereocenters.